The van der Waals surface area contributed by atoms with Gasteiger partial charge in [-0.25, -0.2) is 4.98 Å². The van der Waals surface area contributed by atoms with Crippen molar-refractivity contribution in [3.63, 3.8) is 0 Å². The van der Waals surface area contributed by atoms with Crippen LogP contribution in [0, 0.1) is 0 Å². The monoisotopic (exact) mass is 353 g/mol. The van der Waals surface area contributed by atoms with Gasteiger partial charge in [0.15, 0.2) is 0 Å². The van der Waals surface area contributed by atoms with E-state index in [9.17, 15) is 4.79 Å². The lowest BCUT2D eigenvalue weighted by molar-refractivity contribution is -0.129. The van der Waals surface area contributed by atoms with E-state index in [4.69, 9.17) is 16.6 Å². The van der Waals surface area contributed by atoms with Gasteiger partial charge in [-0.15, -0.1) is 0 Å². The molecule has 1 saturated heterocycles. The van der Waals surface area contributed by atoms with Crippen LogP contribution in [0.5, 0.6) is 0 Å². The Hall–Kier alpha value is -2.33. The Morgan fingerprint density at radius 1 is 1.20 bits per heavy atom. The zero-order valence-electron chi connectivity index (χ0n) is 14.2. The molecule has 0 unspecified atom stereocenters. The maximum atomic E-state index is 12.0. The van der Waals surface area contributed by atoms with Crippen molar-refractivity contribution in [2.24, 2.45) is 0 Å². The van der Waals surface area contributed by atoms with E-state index in [1.807, 2.05) is 47.4 Å². The number of nitrogens with zero attached hydrogens (tertiary/aromatic N) is 3. The van der Waals surface area contributed by atoms with E-state index in [-0.39, 0.29) is 11.9 Å². The van der Waals surface area contributed by atoms with Gasteiger partial charge in [0, 0.05) is 25.0 Å². The fourth-order valence-electron chi connectivity index (χ4n) is 3.70. The zero-order valence-corrected chi connectivity index (χ0v) is 14.9. The molecule has 1 atom stereocenters. The highest BCUT2D eigenvalue weighted by molar-refractivity contribution is 6.30. The summed E-state index contributed by atoms with van der Waals surface area (Å²) in [4.78, 5) is 18.9. The first-order valence-corrected chi connectivity index (χ1v) is 8.98. The van der Waals surface area contributed by atoms with Gasteiger partial charge < -0.3 is 9.47 Å². The molecule has 1 fully saturated rings. The molecular weight excluding hydrogens is 334 g/mol. The van der Waals surface area contributed by atoms with E-state index in [1.165, 1.54) is 5.56 Å². The molecular formula is C20H20ClN3O. The summed E-state index contributed by atoms with van der Waals surface area (Å²) in [5.74, 6) is 1.09. The van der Waals surface area contributed by atoms with Gasteiger partial charge >= 0.3 is 0 Å². The minimum Gasteiger partial charge on any atom is -0.333 e. The average Bonchev–Trinajstić information content (AvgIpc) is 3.22. The van der Waals surface area contributed by atoms with Crippen molar-refractivity contribution in [1.29, 1.82) is 0 Å². The molecule has 0 N–H and O–H groups in total. The zero-order chi connectivity index (χ0) is 17.4. The van der Waals surface area contributed by atoms with E-state index in [0.717, 1.165) is 47.8 Å². The minimum absolute atomic E-state index is 0.0530. The van der Waals surface area contributed by atoms with E-state index in [2.05, 4.69) is 10.6 Å². The van der Waals surface area contributed by atoms with Gasteiger partial charge in [-0.3, -0.25) is 4.79 Å². The summed E-state index contributed by atoms with van der Waals surface area (Å²) < 4.78 is 2.24. The number of amides is 1. The van der Waals surface area contributed by atoms with Gasteiger partial charge in [-0.05, 0) is 42.7 Å². The van der Waals surface area contributed by atoms with Crippen LogP contribution in [0.1, 0.15) is 37.2 Å². The van der Waals surface area contributed by atoms with Gasteiger partial charge in [0.1, 0.15) is 5.82 Å². The molecule has 3 aromatic rings. The number of aromatic nitrogens is 2. The number of likely N-dealkylation sites (tertiary alicyclic amines) is 1. The van der Waals surface area contributed by atoms with Crippen molar-refractivity contribution >= 4 is 28.5 Å². The molecule has 1 aliphatic heterocycles. The van der Waals surface area contributed by atoms with E-state index >= 15 is 0 Å². The number of hydrogen-bond donors (Lipinski definition) is 0. The van der Waals surface area contributed by atoms with Crippen molar-refractivity contribution in [2.45, 2.75) is 32.4 Å². The lowest BCUT2D eigenvalue weighted by Crippen LogP contribution is -2.30. The molecule has 0 spiro atoms. The third-order valence-electron chi connectivity index (χ3n) is 4.89. The van der Waals surface area contributed by atoms with Crippen LogP contribution in [0.3, 0.4) is 0 Å². The summed E-state index contributed by atoms with van der Waals surface area (Å²) in [5, 5.41) is 0.734. The Balaban J connectivity index is 1.80. The van der Waals surface area contributed by atoms with Gasteiger partial charge in [-0.1, -0.05) is 35.9 Å². The normalized spacial score (nSPS) is 17.4. The van der Waals surface area contributed by atoms with E-state index < -0.39 is 0 Å². The van der Waals surface area contributed by atoms with Gasteiger partial charge in [0.2, 0.25) is 5.91 Å². The standard InChI is InChI=1S/C20H20ClN3O/c1-14(25)23-12-4-7-19(23)20-22-17-5-2-3-6-18(17)24(20)13-15-8-10-16(21)11-9-15/h2-3,5-6,8-11,19H,4,7,12-13H2,1H3/t19-/m1/s1. The van der Waals surface area contributed by atoms with Crippen molar-refractivity contribution in [1.82, 2.24) is 14.5 Å². The van der Waals surface area contributed by atoms with Crippen LogP contribution in [-0.2, 0) is 11.3 Å². The van der Waals surface area contributed by atoms with Crippen molar-refractivity contribution < 1.29 is 4.79 Å². The first-order chi connectivity index (χ1) is 12.1. The Kier molecular flexibility index (Phi) is 4.22. The van der Waals surface area contributed by atoms with Crippen LogP contribution in [0.15, 0.2) is 48.5 Å². The number of carbonyl (C=O) groups is 1. The number of fused-ring (bicyclic) bond motifs is 1. The van der Waals surface area contributed by atoms with Gasteiger partial charge in [0.05, 0.1) is 17.1 Å². The molecule has 0 radical (unpaired) electrons. The lowest BCUT2D eigenvalue weighted by Gasteiger charge is -2.24. The number of carbonyl (C=O) groups excluding carboxylic acids is 1. The predicted molar refractivity (Wildman–Crippen MR) is 99.6 cm³/mol. The van der Waals surface area contributed by atoms with Crippen molar-refractivity contribution in [3.05, 3.63) is 64.9 Å². The second-order valence-electron chi connectivity index (χ2n) is 6.54. The number of halogens is 1. The quantitative estimate of drug-likeness (QED) is 0.699. The van der Waals surface area contributed by atoms with Crippen LogP contribution >= 0.6 is 11.6 Å². The second-order valence-corrected chi connectivity index (χ2v) is 6.98. The van der Waals surface area contributed by atoms with E-state index in [0.29, 0.717) is 0 Å². The predicted octanol–water partition coefficient (Wildman–Crippen LogP) is 4.42. The minimum atomic E-state index is 0.0530. The van der Waals surface area contributed by atoms with Crippen molar-refractivity contribution in [3.8, 4) is 0 Å². The summed E-state index contributed by atoms with van der Waals surface area (Å²) in [6.07, 6.45) is 1.98. The number of para-hydroxylation sites is 2. The Labute approximate surface area is 152 Å². The molecule has 0 saturated carbocycles. The third kappa shape index (κ3) is 3.02. The van der Waals surface area contributed by atoms with Crippen LogP contribution in [-0.4, -0.2) is 26.9 Å². The topological polar surface area (TPSA) is 38.1 Å². The first-order valence-electron chi connectivity index (χ1n) is 8.60. The Morgan fingerprint density at radius 2 is 1.96 bits per heavy atom. The summed E-state index contributed by atoms with van der Waals surface area (Å²) in [6.45, 7) is 3.17. The lowest BCUT2D eigenvalue weighted by atomic mass is 10.2. The molecule has 25 heavy (non-hydrogen) atoms. The summed E-state index contributed by atoms with van der Waals surface area (Å²) in [5.41, 5.74) is 3.24. The number of imidazole rings is 1. The Bertz CT molecular complexity index is 916. The number of hydrogen-bond acceptors (Lipinski definition) is 2. The molecule has 128 valence electrons. The SMILES string of the molecule is CC(=O)N1CCC[C@@H]1c1nc2ccccc2n1Cc1ccc(Cl)cc1. The smallest absolute Gasteiger partial charge is 0.220 e. The largest absolute Gasteiger partial charge is 0.333 e. The number of benzene rings is 2. The van der Waals surface area contributed by atoms with Crippen LogP contribution in [0.2, 0.25) is 5.02 Å². The highest BCUT2D eigenvalue weighted by Crippen LogP contribution is 2.33. The third-order valence-corrected chi connectivity index (χ3v) is 5.15. The molecule has 0 bridgehead atoms. The molecule has 4 nitrogen and oxygen atoms in total. The summed E-state index contributed by atoms with van der Waals surface area (Å²) >= 11 is 6.01. The molecule has 0 aliphatic carbocycles. The van der Waals surface area contributed by atoms with Crippen LogP contribution in [0.4, 0.5) is 0 Å². The second kappa shape index (κ2) is 6.52. The molecule has 5 heteroatoms. The summed E-state index contributed by atoms with van der Waals surface area (Å²) in [7, 11) is 0. The Morgan fingerprint density at radius 3 is 2.72 bits per heavy atom. The number of rotatable bonds is 3. The molecule has 2 aromatic carbocycles. The molecule has 2 heterocycles. The molecule has 1 amide bonds. The van der Waals surface area contributed by atoms with Crippen LogP contribution < -0.4 is 0 Å². The van der Waals surface area contributed by atoms with E-state index in [1.54, 1.807) is 6.92 Å². The highest BCUT2D eigenvalue weighted by atomic mass is 35.5. The van der Waals surface area contributed by atoms with Gasteiger partial charge in [0.25, 0.3) is 0 Å². The van der Waals surface area contributed by atoms with Crippen LogP contribution in [0.25, 0.3) is 11.0 Å². The van der Waals surface area contributed by atoms with Gasteiger partial charge in [-0.2, -0.15) is 0 Å². The maximum absolute atomic E-state index is 12.0. The highest BCUT2D eigenvalue weighted by Gasteiger charge is 2.32. The maximum Gasteiger partial charge on any atom is 0.220 e. The first kappa shape index (κ1) is 16.2. The molecule has 1 aliphatic rings. The molecule has 1 aromatic heterocycles. The summed E-state index contributed by atoms with van der Waals surface area (Å²) in [6, 6.07) is 16.1. The average molecular weight is 354 g/mol. The molecule has 4 rings (SSSR count). The fraction of sp³-hybridized carbons (Fsp3) is 0.300. The van der Waals surface area contributed by atoms with Crippen molar-refractivity contribution in [2.75, 3.05) is 6.54 Å². The fourth-order valence-corrected chi connectivity index (χ4v) is 3.83.